The highest BCUT2D eigenvalue weighted by Crippen LogP contribution is 2.32. The van der Waals surface area contributed by atoms with Crippen molar-refractivity contribution in [2.45, 2.75) is 6.92 Å². The van der Waals surface area contributed by atoms with E-state index >= 15 is 0 Å². The third-order valence-corrected chi connectivity index (χ3v) is 3.90. The van der Waals surface area contributed by atoms with Crippen molar-refractivity contribution >= 4 is 40.8 Å². The Morgan fingerprint density at radius 2 is 1.70 bits per heavy atom. The van der Waals surface area contributed by atoms with Gasteiger partial charge in [-0.2, -0.15) is 0 Å². The van der Waals surface area contributed by atoms with Crippen molar-refractivity contribution < 1.29 is 19.0 Å². The van der Waals surface area contributed by atoms with Crippen molar-refractivity contribution in [2.75, 3.05) is 26.6 Å². The monoisotopic (exact) mass is 389 g/mol. The van der Waals surface area contributed by atoms with Crippen molar-refractivity contribution in [3.63, 3.8) is 0 Å². The fourth-order valence-corrected chi connectivity index (χ4v) is 2.60. The van der Waals surface area contributed by atoms with E-state index in [4.69, 9.17) is 14.2 Å². The lowest BCUT2D eigenvalue weighted by molar-refractivity contribution is 0.0601. The summed E-state index contributed by atoms with van der Waals surface area (Å²) in [6, 6.07) is 9.11. The highest BCUT2D eigenvalue weighted by Gasteiger charge is 2.17. The first kappa shape index (κ1) is 20.3. The van der Waals surface area contributed by atoms with Crippen molar-refractivity contribution in [1.82, 2.24) is 9.97 Å². The molecule has 8 heteroatoms. The molecule has 0 aliphatic rings. The molecule has 0 aliphatic heterocycles. The maximum atomic E-state index is 12.2. The molecule has 1 aromatic carbocycles. The van der Waals surface area contributed by atoms with E-state index < -0.39 is 5.97 Å². The molecular weight excluding hydrogens is 370 g/mol. The molecule has 0 radical (unpaired) electrons. The van der Waals surface area contributed by atoms with E-state index in [1.54, 1.807) is 32.4 Å². The van der Waals surface area contributed by atoms with Gasteiger partial charge in [-0.05, 0) is 19.1 Å². The summed E-state index contributed by atoms with van der Waals surface area (Å²) in [4.78, 5) is 20.9. The van der Waals surface area contributed by atoms with Gasteiger partial charge in [0.25, 0.3) is 0 Å². The summed E-state index contributed by atoms with van der Waals surface area (Å²) in [6.45, 7) is 1.88. The second-order valence-corrected chi connectivity index (χ2v) is 5.59. The van der Waals surface area contributed by atoms with Crippen molar-refractivity contribution in [2.24, 2.45) is 0 Å². The second-order valence-electron chi connectivity index (χ2n) is 5.59. The minimum absolute atomic E-state index is 0. The zero-order chi connectivity index (χ0) is 18.7. The Morgan fingerprint density at radius 1 is 1.04 bits per heavy atom. The third kappa shape index (κ3) is 4.20. The van der Waals surface area contributed by atoms with Crippen LogP contribution in [0.3, 0.4) is 0 Å². The van der Waals surface area contributed by atoms with E-state index in [0.29, 0.717) is 39.5 Å². The number of pyridine rings is 2. The molecule has 7 nitrogen and oxygen atoms in total. The zero-order valence-electron chi connectivity index (χ0n) is 15.4. The Balaban J connectivity index is 0.00000261. The summed E-state index contributed by atoms with van der Waals surface area (Å²) in [6.07, 6.45) is 1.46. The number of hydrogen-bond donors (Lipinski definition) is 1. The van der Waals surface area contributed by atoms with Gasteiger partial charge in [0.15, 0.2) is 5.65 Å². The van der Waals surface area contributed by atoms with E-state index in [0.717, 1.165) is 5.69 Å². The van der Waals surface area contributed by atoms with Crippen molar-refractivity contribution in [1.29, 1.82) is 0 Å². The number of hydrogen-bond acceptors (Lipinski definition) is 7. The highest BCUT2D eigenvalue weighted by molar-refractivity contribution is 6.05. The molecule has 0 atom stereocenters. The number of nitrogens with zero attached hydrogens (tertiary/aromatic N) is 2. The maximum Gasteiger partial charge on any atom is 0.341 e. The SMILES string of the molecule is COC(=O)c1cnc2nc(C)ccc2c1Nc1cc(OC)cc(OC)c1.Cl. The lowest BCUT2D eigenvalue weighted by Crippen LogP contribution is -2.08. The van der Waals surface area contributed by atoms with Crippen LogP contribution in [0.5, 0.6) is 11.5 Å². The van der Waals surface area contributed by atoms with Crippen LogP contribution >= 0.6 is 12.4 Å². The van der Waals surface area contributed by atoms with Crippen molar-refractivity contribution in [3.05, 3.63) is 47.8 Å². The Labute approximate surface area is 163 Å². The van der Waals surface area contributed by atoms with Crippen LogP contribution in [0, 0.1) is 6.92 Å². The van der Waals surface area contributed by atoms with Gasteiger partial charge in [-0.25, -0.2) is 14.8 Å². The lowest BCUT2D eigenvalue weighted by Gasteiger charge is -2.15. The van der Waals surface area contributed by atoms with Crippen LogP contribution in [0.15, 0.2) is 36.5 Å². The molecular formula is C19H20ClN3O4. The first-order valence-electron chi connectivity index (χ1n) is 7.90. The number of carbonyl (C=O) groups excluding carboxylic acids is 1. The topological polar surface area (TPSA) is 82.6 Å². The average Bonchev–Trinajstić information content (AvgIpc) is 2.66. The Kier molecular flexibility index (Phi) is 6.41. The summed E-state index contributed by atoms with van der Waals surface area (Å²) in [5.74, 6) is 0.759. The van der Waals surface area contributed by atoms with Crippen LogP contribution < -0.4 is 14.8 Å². The minimum Gasteiger partial charge on any atom is -0.497 e. The first-order chi connectivity index (χ1) is 12.5. The Morgan fingerprint density at radius 3 is 2.30 bits per heavy atom. The number of aryl methyl sites for hydroxylation is 1. The fourth-order valence-electron chi connectivity index (χ4n) is 2.60. The first-order valence-corrected chi connectivity index (χ1v) is 7.90. The largest absolute Gasteiger partial charge is 0.497 e. The summed E-state index contributed by atoms with van der Waals surface area (Å²) >= 11 is 0. The number of methoxy groups -OCH3 is 3. The van der Waals surface area contributed by atoms with E-state index in [1.807, 2.05) is 19.1 Å². The molecule has 0 fully saturated rings. The molecule has 0 amide bonds. The molecule has 0 bridgehead atoms. The molecule has 27 heavy (non-hydrogen) atoms. The van der Waals surface area contributed by atoms with Crippen LogP contribution in [0.4, 0.5) is 11.4 Å². The number of anilines is 2. The molecule has 2 heterocycles. The van der Waals surface area contributed by atoms with Crippen LogP contribution in [0.25, 0.3) is 11.0 Å². The third-order valence-electron chi connectivity index (χ3n) is 3.90. The van der Waals surface area contributed by atoms with E-state index in [1.165, 1.54) is 13.3 Å². The van der Waals surface area contributed by atoms with Gasteiger partial charge in [-0.3, -0.25) is 0 Å². The molecule has 142 valence electrons. The summed E-state index contributed by atoms with van der Waals surface area (Å²) < 4.78 is 15.5. The molecule has 0 unspecified atom stereocenters. The van der Waals surface area contributed by atoms with Gasteiger partial charge < -0.3 is 19.5 Å². The number of benzene rings is 1. The molecule has 3 aromatic rings. The van der Waals surface area contributed by atoms with Gasteiger partial charge in [0, 0.05) is 41.2 Å². The molecule has 0 spiro atoms. The van der Waals surface area contributed by atoms with Gasteiger partial charge in [0.2, 0.25) is 0 Å². The predicted octanol–water partition coefficient (Wildman–Crippen LogP) is 3.91. The smallest absolute Gasteiger partial charge is 0.341 e. The molecule has 0 aliphatic carbocycles. The molecule has 0 saturated heterocycles. The van der Waals surface area contributed by atoms with Gasteiger partial charge in [0.05, 0.1) is 27.0 Å². The summed E-state index contributed by atoms with van der Waals surface area (Å²) in [5.41, 5.74) is 2.94. The zero-order valence-corrected chi connectivity index (χ0v) is 16.2. The Bertz CT molecular complexity index is 956. The number of fused-ring (bicyclic) bond motifs is 1. The minimum atomic E-state index is -0.489. The van der Waals surface area contributed by atoms with Crippen molar-refractivity contribution in [3.8, 4) is 11.5 Å². The van der Waals surface area contributed by atoms with Crippen LogP contribution in [-0.4, -0.2) is 37.3 Å². The lowest BCUT2D eigenvalue weighted by atomic mass is 10.1. The van der Waals surface area contributed by atoms with Crippen LogP contribution in [-0.2, 0) is 4.74 Å². The number of aromatic nitrogens is 2. The van der Waals surface area contributed by atoms with Gasteiger partial charge in [0.1, 0.15) is 17.1 Å². The van der Waals surface area contributed by atoms with Crippen LogP contribution in [0.2, 0.25) is 0 Å². The number of carbonyl (C=O) groups is 1. The van der Waals surface area contributed by atoms with Gasteiger partial charge in [-0.1, -0.05) is 0 Å². The number of ether oxygens (including phenoxy) is 3. The number of rotatable bonds is 5. The molecule has 1 N–H and O–H groups in total. The number of nitrogens with one attached hydrogen (secondary N) is 1. The van der Waals surface area contributed by atoms with E-state index in [2.05, 4.69) is 15.3 Å². The average molecular weight is 390 g/mol. The highest BCUT2D eigenvalue weighted by atomic mass is 35.5. The van der Waals surface area contributed by atoms with E-state index in [9.17, 15) is 4.79 Å². The summed E-state index contributed by atoms with van der Waals surface area (Å²) in [7, 11) is 4.48. The Hall–Kier alpha value is -3.06. The molecule has 3 rings (SSSR count). The number of esters is 1. The number of halogens is 1. The predicted molar refractivity (Wildman–Crippen MR) is 106 cm³/mol. The second kappa shape index (κ2) is 8.55. The standard InChI is InChI=1S/C19H19N3O4.ClH/c1-11-5-6-15-17(16(19(23)26-4)10-20-18(15)21-11)22-12-7-13(24-2)9-14(8-12)25-3;/h5-10H,1-4H3,(H,20,21,22);1H. The maximum absolute atomic E-state index is 12.2. The summed E-state index contributed by atoms with van der Waals surface area (Å²) in [5, 5.41) is 3.97. The van der Waals surface area contributed by atoms with Gasteiger partial charge >= 0.3 is 5.97 Å². The molecule has 2 aromatic heterocycles. The van der Waals surface area contributed by atoms with Crippen LogP contribution in [0.1, 0.15) is 16.1 Å². The fraction of sp³-hybridized carbons (Fsp3) is 0.211. The van der Waals surface area contributed by atoms with E-state index in [-0.39, 0.29) is 12.4 Å². The van der Waals surface area contributed by atoms with Gasteiger partial charge in [-0.15, -0.1) is 12.4 Å². The molecule has 0 saturated carbocycles. The quantitative estimate of drug-likeness (QED) is 0.662. The normalized spacial score (nSPS) is 10.1.